The molecule has 450 valence electrons. The number of allylic oxidation sites excluding steroid dienone is 3. The average Bonchev–Trinajstić information content (AvgIpc) is 3.42. The molecule has 0 aromatic rings. The molecule has 0 heterocycles. The summed E-state index contributed by atoms with van der Waals surface area (Å²) in [4.78, 5) is 24.6. The Morgan fingerprint density at radius 3 is 0.934 bits per heavy atom. The Kier molecular flexibility index (Phi) is 64.4. The first-order chi connectivity index (χ1) is 37.5. The Balaban J connectivity index is 3.45. The summed E-state index contributed by atoms with van der Waals surface area (Å²) < 4.78 is 5.50. The molecule has 0 aliphatic carbocycles. The van der Waals surface area contributed by atoms with Crippen molar-refractivity contribution >= 4 is 11.9 Å². The van der Waals surface area contributed by atoms with E-state index in [1.54, 1.807) is 6.08 Å². The van der Waals surface area contributed by atoms with Crippen molar-refractivity contribution in [1.29, 1.82) is 0 Å². The van der Waals surface area contributed by atoms with Crippen LogP contribution in [0.15, 0.2) is 24.3 Å². The van der Waals surface area contributed by atoms with Gasteiger partial charge in [-0.2, -0.15) is 0 Å². The molecule has 0 radical (unpaired) electrons. The number of ether oxygens (including phenoxy) is 1. The van der Waals surface area contributed by atoms with Gasteiger partial charge in [0.25, 0.3) is 0 Å². The van der Waals surface area contributed by atoms with Gasteiger partial charge < -0.3 is 20.3 Å². The van der Waals surface area contributed by atoms with Gasteiger partial charge in [-0.15, -0.1) is 0 Å². The lowest BCUT2D eigenvalue weighted by atomic mass is 10.0. The van der Waals surface area contributed by atoms with E-state index in [0.717, 1.165) is 57.8 Å². The van der Waals surface area contributed by atoms with Gasteiger partial charge >= 0.3 is 5.97 Å². The lowest BCUT2D eigenvalue weighted by Gasteiger charge is -2.20. The van der Waals surface area contributed by atoms with E-state index >= 15 is 0 Å². The molecular weight excluding hydrogens is 935 g/mol. The summed E-state index contributed by atoms with van der Waals surface area (Å²) in [6, 6.07) is -0.639. The molecule has 0 aliphatic rings. The van der Waals surface area contributed by atoms with Crippen LogP contribution in [0, 0.1) is 0 Å². The molecule has 0 saturated carbocycles. The van der Waals surface area contributed by atoms with Crippen molar-refractivity contribution in [3.63, 3.8) is 0 Å². The summed E-state index contributed by atoms with van der Waals surface area (Å²) in [7, 11) is 0. The van der Waals surface area contributed by atoms with Gasteiger partial charge in [0, 0.05) is 12.8 Å². The number of amides is 1. The van der Waals surface area contributed by atoms with Crippen molar-refractivity contribution < 1.29 is 24.5 Å². The van der Waals surface area contributed by atoms with Gasteiger partial charge in [-0.3, -0.25) is 9.59 Å². The molecule has 0 spiro atoms. The topological polar surface area (TPSA) is 95.9 Å². The fraction of sp³-hybridized carbons (Fsp3) is 0.914. The second kappa shape index (κ2) is 65.9. The zero-order valence-corrected chi connectivity index (χ0v) is 51.5. The lowest BCUT2D eigenvalue weighted by molar-refractivity contribution is -0.143. The number of nitrogens with one attached hydrogen (secondary N) is 1. The number of hydrogen-bond donors (Lipinski definition) is 3. The van der Waals surface area contributed by atoms with E-state index in [1.807, 2.05) is 6.08 Å². The lowest BCUT2D eigenvalue weighted by Crippen LogP contribution is -2.45. The SMILES string of the molecule is CCCCCCCCCCCCCCCCCCCCCCC/C=C/C(O)C(CO)NC(=O)CCCCCCC/C=C\CCCCCCCCCCCOC(=O)CCCCCCCCCCCCCCCCCCCC. The molecule has 3 N–H and O–H groups in total. The summed E-state index contributed by atoms with van der Waals surface area (Å²) in [6.45, 7) is 4.93. The fourth-order valence-electron chi connectivity index (χ4n) is 10.9. The van der Waals surface area contributed by atoms with Crippen molar-refractivity contribution in [3.05, 3.63) is 24.3 Å². The van der Waals surface area contributed by atoms with E-state index in [2.05, 4.69) is 31.3 Å². The van der Waals surface area contributed by atoms with Gasteiger partial charge in [0.15, 0.2) is 0 Å². The van der Waals surface area contributed by atoms with Gasteiger partial charge in [0.1, 0.15) is 0 Å². The second-order valence-corrected chi connectivity index (χ2v) is 23.9. The quantitative estimate of drug-likeness (QED) is 0.0320. The Labute approximate surface area is 475 Å². The largest absolute Gasteiger partial charge is 0.466 e. The molecule has 0 rings (SSSR count). The normalized spacial score (nSPS) is 12.6. The number of rotatable bonds is 65. The predicted octanol–water partition coefficient (Wildman–Crippen LogP) is 22.1. The van der Waals surface area contributed by atoms with Gasteiger partial charge in [-0.25, -0.2) is 0 Å². The minimum Gasteiger partial charge on any atom is -0.466 e. The maximum atomic E-state index is 12.5. The smallest absolute Gasteiger partial charge is 0.305 e. The van der Waals surface area contributed by atoms with E-state index in [4.69, 9.17) is 4.74 Å². The minimum atomic E-state index is -0.854. The number of esters is 1. The van der Waals surface area contributed by atoms with Crippen LogP contribution in [0.5, 0.6) is 0 Å². The molecule has 2 unspecified atom stereocenters. The molecule has 1 amide bonds. The highest BCUT2D eigenvalue weighted by molar-refractivity contribution is 5.76. The maximum Gasteiger partial charge on any atom is 0.305 e. The number of aliphatic hydroxyl groups is 2. The van der Waals surface area contributed by atoms with Crippen molar-refractivity contribution in [2.75, 3.05) is 13.2 Å². The number of unbranched alkanes of at least 4 members (excludes halogenated alkanes) is 52. The van der Waals surface area contributed by atoms with E-state index in [1.165, 1.54) is 302 Å². The van der Waals surface area contributed by atoms with Crippen LogP contribution in [0.4, 0.5) is 0 Å². The van der Waals surface area contributed by atoms with E-state index in [0.29, 0.717) is 19.4 Å². The number of aliphatic hydroxyl groups excluding tert-OH is 2. The number of carbonyl (C=O) groups excluding carboxylic acids is 2. The summed E-state index contributed by atoms with van der Waals surface area (Å²) in [5.41, 5.74) is 0. The van der Waals surface area contributed by atoms with Crippen LogP contribution >= 0.6 is 0 Å². The molecule has 0 saturated heterocycles. The third-order valence-corrected chi connectivity index (χ3v) is 16.2. The van der Waals surface area contributed by atoms with Crippen LogP contribution in [-0.4, -0.2) is 47.4 Å². The van der Waals surface area contributed by atoms with Gasteiger partial charge in [0.05, 0.1) is 25.4 Å². The first-order valence-corrected chi connectivity index (χ1v) is 34.6. The minimum absolute atomic E-state index is 0.00746. The van der Waals surface area contributed by atoms with Crippen LogP contribution < -0.4 is 5.32 Å². The average molecular weight is 1070 g/mol. The summed E-state index contributed by atoms with van der Waals surface area (Å²) in [5.74, 6) is -0.0707. The fourth-order valence-corrected chi connectivity index (χ4v) is 10.9. The Morgan fingerprint density at radius 1 is 0.355 bits per heavy atom. The molecular formula is C70H135NO5. The zero-order valence-electron chi connectivity index (χ0n) is 51.5. The van der Waals surface area contributed by atoms with E-state index in [-0.39, 0.29) is 18.5 Å². The Bertz CT molecular complexity index is 1190. The van der Waals surface area contributed by atoms with E-state index < -0.39 is 12.1 Å². The molecule has 2 atom stereocenters. The van der Waals surface area contributed by atoms with Crippen LogP contribution in [-0.2, 0) is 14.3 Å². The molecule has 0 aliphatic heterocycles. The first-order valence-electron chi connectivity index (χ1n) is 34.6. The van der Waals surface area contributed by atoms with Gasteiger partial charge in [-0.05, 0) is 57.8 Å². The highest BCUT2D eigenvalue weighted by Gasteiger charge is 2.18. The van der Waals surface area contributed by atoms with Crippen molar-refractivity contribution in [1.82, 2.24) is 5.32 Å². The zero-order chi connectivity index (χ0) is 55.0. The van der Waals surface area contributed by atoms with Crippen LogP contribution in [0.2, 0.25) is 0 Å². The van der Waals surface area contributed by atoms with Crippen LogP contribution in [0.1, 0.15) is 386 Å². The maximum absolute atomic E-state index is 12.5. The van der Waals surface area contributed by atoms with Gasteiger partial charge in [0.2, 0.25) is 5.91 Å². The van der Waals surface area contributed by atoms with Gasteiger partial charge in [-0.1, -0.05) is 340 Å². The first kappa shape index (κ1) is 74.3. The third kappa shape index (κ3) is 61.6. The molecule has 0 aromatic carbocycles. The second-order valence-electron chi connectivity index (χ2n) is 23.9. The molecule has 0 bridgehead atoms. The standard InChI is InChI=1S/C70H135NO5/c1-3-5-7-9-11-13-15-17-19-21-23-24-25-26-27-30-34-38-42-46-50-54-58-62-68(73)67(66-72)71-69(74)63-59-55-51-47-43-39-35-31-28-29-33-37-41-45-49-53-57-61-65-76-70(75)64-60-56-52-48-44-40-36-32-22-20-18-16-14-12-10-8-6-4-2/h31,35,58,62,67-68,72-73H,3-30,32-34,36-57,59-61,63-66H2,1-2H3,(H,71,74)/b35-31-,62-58+. The predicted molar refractivity (Wildman–Crippen MR) is 333 cm³/mol. The third-order valence-electron chi connectivity index (χ3n) is 16.2. The summed E-state index contributed by atoms with van der Waals surface area (Å²) in [6.07, 6.45) is 82.4. The van der Waals surface area contributed by atoms with Crippen molar-refractivity contribution in [2.24, 2.45) is 0 Å². The molecule has 0 aromatic heterocycles. The summed E-state index contributed by atoms with van der Waals surface area (Å²) in [5, 5.41) is 23.2. The number of carbonyl (C=O) groups is 2. The Hall–Kier alpha value is -1.66. The highest BCUT2D eigenvalue weighted by Crippen LogP contribution is 2.18. The summed E-state index contributed by atoms with van der Waals surface area (Å²) >= 11 is 0. The van der Waals surface area contributed by atoms with Crippen molar-refractivity contribution in [2.45, 2.75) is 398 Å². The molecule has 6 nitrogen and oxygen atoms in total. The molecule has 0 fully saturated rings. The van der Waals surface area contributed by atoms with Crippen molar-refractivity contribution in [3.8, 4) is 0 Å². The molecule has 76 heavy (non-hydrogen) atoms. The van der Waals surface area contributed by atoms with E-state index in [9.17, 15) is 19.8 Å². The Morgan fingerprint density at radius 2 is 0.618 bits per heavy atom. The van der Waals surface area contributed by atoms with Crippen LogP contribution in [0.25, 0.3) is 0 Å². The molecule has 6 heteroatoms. The monoisotopic (exact) mass is 1070 g/mol. The number of hydrogen-bond acceptors (Lipinski definition) is 5. The highest BCUT2D eigenvalue weighted by atomic mass is 16.5. The van der Waals surface area contributed by atoms with Crippen LogP contribution in [0.3, 0.4) is 0 Å².